The highest BCUT2D eigenvalue weighted by atomic mass is 16.4. The van der Waals surface area contributed by atoms with Crippen molar-refractivity contribution in [3.63, 3.8) is 0 Å². The van der Waals surface area contributed by atoms with Crippen LogP contribution >= 0.6 is 0 Å². The Labute approximate surface area is 127 Å². The van der Waals surface area contributed by atoms with Gasteiger partial charge >= 0.3 is 0 Å². The van der Waals surface area contributed by atoms with Gasteiger partial charge in [-0.2, -0.15) is 0 Å². The largest absolute Gasteiger partial charge is 0.441 e. The van der Waals surface area contributed by atoms with Crippen molar-refractivity contribution in [3.05, 3.63) is 41.4 Å². The molecule has 0 radical (unpaired) electrons. The number of nitrogens with one attached hydrogen (secondary N) is 1. The summed E-state index contributed by atoms with van der Waals surface area (Å²) >= 11 is 0. The van der Waals surface area contributed by atoms with Crippen molar-refractivity contribution in [1.82, 2.24) is 10.3 Å². The van der Waals surface area contributed by atoms with Crippen molar-refractivity contribution < 1.29 is 4.42 Å². The number of oxazole rings is 1. The lowest BCUT2D eigenvalue weighted by atomic mass is 10.0. The highest BCUT2D eigenvalue weighted by Crippen LogP contribution is 2.25. The number of aryl methyl sites for hydroxylation is 3. The normalized spacial score (nSPS) is 11.9. The number of aromatic nitrogens is 1. The molecular formula is C18H26N2O. The van der Waals surface area contributed by atoms with Crippen LogP contribution in [0.3, 0.4) is 0 Å². The van der Waals surface area contributed by atoms with Gasteiger partial charge in [-0.15, -0.1) is 0 Å². The molecule has 0 saturated carbocycles. The summed E-state index contributed by atoms with van der Waals surface area (Å²) in [6.45, 7) is 11.7. The third kappa shape index (κ3) is 4.71. The first-order valence-electron chi connectivity index (χ1n) is 7.62. The second-order valence-electron chi connectivity index (χ2n) is 6.72. The van der Waals surface area contributed by atoms with Crippen LogP contribution in [0.15, 0.2) is 28.8 Å². The molecule has 1 heterocycles. The predicted octanol–water partition coefficient (Wildman–Crippen LogP) is 4.28. The van der Waals surface area contributed by atoms with E-state index in [2.05, 4.69) is 63.1 Å². The van der Waals surface area contributed by atoms with E-state index in [9.17, 15) is 0 Å². The zero-order valence-electron chi connectivity index (χ0n) is 13.8. The topological polar surface area (TPSA) is 38.1 Å². The molecule has 2 aromatic rings. The zero-order chi connectivity index (χ0) is 15.5. The Bertz CT molecular complexity index is 594. The van der Waals surface area contributed by atoms with Crippen LogP contribution in [0, 0.1) is 13.8 Å². The van der Waals surface area contributed by atoms with E-state index in [1.54, 1.807) is 0 Å². The molecule has 3 nitrogen and oxygen atoms in total. The standard InChI is InChI=1S/C18H26N2O/c1-13-8-9-15(14(2)11-13)16-12-19-17(21-16)7-6-10-20-18(3,4)5/h8-9,11-12,20H,6-7,10H2,1-5H3. The first kappa shape index (κ1) is 15.8. The van der Waals surface area contributed by atoms with Crippen molar-refractivity contribution in [3.8, 4) is 11.3 Å². The van der Waals surface area contributed by atoms with Crippen LogP contribution < -0.4 is 5.32 Å². The van der Waals surface area contributed by atoms with Crippen LogP contribution in [0.25, 0.3) is 11.3 Å². The van der Waals surface area contributed by atoms with Gasteiger partial charge in [-0.3, -0.25) is 0 Å². The number of hydrogen-bond donors (Lipinski definition) is 1. The molecule has 0 aliphatic carbocycles. The lowest BCUT2D eigenvalue weighted by Crippen LogP contribution is -2.36. The minimum atomic E-state index is 0.167. The van der Waals surface area contributed by atoms with E-state index < -0.39 is 0 Å². The Kier molecular flexibility index (Phi) is 4.84. The van der Waals surface area contributed by atoms with E-state index in [4.69, 9.17) is 4.42 Å². The number of rotatable bonds is 5. The van der Waals surface area contributed by atoms with E-state index in [0.29, 0.717) is 0 Å². The molecule has 0 fully saturated rings. The van der Waals surface area contributed by atoms with Gasteiger partial charge in [0.25, 0.3) is 0 Å². The molecule has 1 N–H and O–H groups in total. The lowest BCUT2D eigenvalue weighted by molar-refractivity contribution is 0.412. The Morgan fingerprint density at radius 2 is 1.95 bits per heavy atom. The summed E-state index contributed by atoms with van der Waals surface area (Å²) in [6, 6.07) is 6.39. The molecule has 0 aliphatic rings. The number of hydrogen-bond acceptors (Lipinski definition) is 3. The molecule has 0 saturated heterocycles. The molecule has 0 bridgehead atoms. The molecule has 0 unspecified atom stereocenters. The maximum absolute atomic E-state index is 5.88. The van der Waals surface area contributed by atoms with Crippen molar-refractivity contribution >= 4 is 0 Å². The van der Waals surface area contributed by atoms with Gasteiger partial charge in [0.05, 0.1) is 6.20 Å². The average molecular weight is 286 g/mol. The summed E-state index contributed by atoms with van der Waals surface area (Å²) in [7, 11) is 0. The third-order valence-corrected chi connectivity index (χ3v) is 3.42. The van der Waals surface area contributed by atoms with E-state index in [0.717, 1.165) is 36.6 Å². The van der Waals surface area contributed by atoms with Crippen molar-refractivity contribution in [2.45, 2.75) is 53.0 Å². The second-order valence-corrected chi connectivity index (χ2v) is 6.72. The SMILES string of the molecule is Cc1ccc(-c2cnc(CCCNC(C)(C)C)o2)c(C)c1. The smallest absolute Gasteiger partial charge is 0.194 e. The molecule has 0 aliphatic heterocycles. The minimum Gasteiger partial charge on any atom is -0.441 e. The summed E-state index contributed by atoms with van der Waals surface area (Å²) in [4.78, 5) is 4.40. The van der Waals surface area contributed by atoms with Gasteiger partial charge in [0.1, 0.15) is 0 Å². The van der Waals surface area contributed by atoms with Crippen molar-refractivity contribution in [2.24, 2.45) is 0 Å². The molecule has 1 aromatic heterocycles. The van der Waals surface area contributed by atoms with Crippen LogP contribution in [-0.2, 0) is 6.42 Å². The Hall–Kier alpha value is -1.61. The van der Waals surface area contributed by atoms with E-state index in [-0.39, 0.29) is 5.54 Å². The van der Waals surface area contributed by atoms with Gasteiger partial charge in [0, 0.05) is 17.5 Å². The zero-order valence-corrected chi connectivity index (χ0v) is 13.8. The van der Waals surface area contributed by atoms with E-state index in [1.807, 2.05) is 6.20 Å². The minimum absolute atomic E-state index is 0.167. The fraction of sp³-hybridized carbons (Fsp3) is 0.500. The average Bonchev–Trinajstić information content (AvgIpc) is 2.82. The molecule has 0 spiro atoms. The highest BCUT2D eigenvalue weighted by Gasteiger charge is 2.10. The molecule has 114 valence electrons. The van der Waals surface area contributed by atoms with Gasteiger partial charge in [0.2, 0.25) is 0 Å². The first-order chi connectivity index (χ1) is 9.85. The maximum Gasteiger partial charge on any atom is 0.194 e. The Morgan fingerprint density at radius 1 is 1.19 bits per heavy atom. The maximum atomic E-state index is 5.88. The number of benzene rings is 1. The fourth-order valence-electron chi connectivity index (χ4n) is 2.34. The van der Waals surface area contributed by atoms with Crippen LogP contribution in [0.5, 0.6) is 0 Å². The molecule has 0 atom stereocenters. The summed E-state index contributed by atoms with van der Waals surface area (Å²) < 4.78 is 5.88. The van der Waals surface area contributed by atoms with Crippen LogP contribution in [0.1, 0.15) is 44.2 Å². The Morgan fingerprint density at radius 3 is 2.62 bits per heavy atom. The molecule has 0 amide bonds. The van der Waals surface area contributed by atoms with Gasteiger partial charge in [-0.25, -0.2) is 4.98 Å². The second kappa shape index (κ2) is 6.44. The van der Waals surface area contributed by atoms with Crippen LogP contribution in [0.2, 0.25) is 0 Å². The Balaban J connectivity index is 1.95. The monoisotopic (exact) mass is 286 g/mol. The molecule has 3 heteroatoms. The van der Waals surface area contributed by atoms with E-state index >= 15 is 0 Å². The van der Waals surface area contributed by atoms with Crippen LogP contribution in [0.4, 0.5) is 0 Å². The summed E-state index contributed by atoms with van der Waals surface area (Å²) in [5.74, 6) is 1.69. The van der Waals surface area contributed by atoms with Gasteiger partial charge < -0.3 is 9.73 Å². The molecule has 2 rings (SSSR count). The third-order valence-electron chi connectivity index (χ3n) is 3.42. The predicted molar refractivity (Wildman–Crippen MR) is 87.5 cm³/mol. The first-order valence-corrected chi connectivity index (χ1v) is 7.62. The van der Waals surface area contributed by atoms with Gasteiger partial charge in [0.15, 0.2) is 11.7 Å². The number of nitrogens with zero attached hydrogens (tertiary/aromatic N) is 1. The van der Waals surface area contributed by atoms with Crippen molar-refractivity contribution in [1.29, 1.82) is 0 Å². The van der Waals surface area contributed by atoms with E-state index in [1.165, 1.54) is 11.1 Å². The summed E-state index contributed by atoms with van der Waals surface area (Å²) in [6.07, 6.45) is 3.74. The summed E-state index contributed by atoms with van der Waals surface area (Å²) in [5, 5.41) is 3.48. The highest BCUT2D eigenvalue weighted by molar-refractivity contribution is 5.61. The van der Waals surface area contributed by atoms with Gasteiger partial charge in [-0.05, 0) is 53.1 Å². The van der Waals surface area contributed by atoms with Crippen molar-refractivity contribution in [2.75, 3.05) is 6.54 Å². The molecule has 21 heavy (non-hydrogen) atoms. The van der Waals surface area contributed by atoms with Crippen LogP contribution in [-0.4, -0.2) is 17.1 Å². The lowest BCUT2D eigenvalue weighted by Gasteiger charge is -2.20. The van der Waals surface area contributed by atoms with Gasteiger partial charge in [-0.1, -0.05) is 23.8 Å². The fourth-order valence-corrected chi connectivity index (χ4v) is 2.34. The molecular weight excluding hydrogens is 260 g/mol. The summed E-state index contributed by atoms with van der Waals surface area (Å²) in [5.41, 5.74) is 3.80. The quantitative estimate of drug-likeness (QED) is 0.834. The molecule has 1 aromatic carbocycles.